The lowest BCUT2D eigenvalue weighted by Crippen LogP contribution is -2.50. The Morgan fingerprint density at radius 2 is 1.58 bits per heavy atom. The maximum absolute atomic E-state index is 13.5. The van der Waals surface area contributed by atoms with Crippen LogP contribution in [0.4, 0.5) is 0 Å². The molecule has 2 aromatic carbocycles. The van der Waals surface area contributed by atoms with Gasteiger partial charge in [-0.25, -0.2) is 0 Å². The van der Waals surface area contributed by atoms with Crippen molar-refractivity contribution >= 4 is 17.8 Å². The highest BCUT2D eigenvalue weighted by Gasteiger charge is 2.35. The topological polar surface area (TPSA) is 114 Å². The fourth-order valence-electron chi connectivity index (χ4n) is 5.78. The molecule has 0 saturated heterocycles. The van der Waals surface area contributed by atoms with Gasteiger partial charge in [0.25, 0.3) is 0 Å². The van der Waals surface area contributed by atoms with E-state index in [0.29, 0.717) is 25.9 Å². The van der Waals surface area contributed by atoms with E-state index in [2.05, 4.69) is 23.8 Å². The quantitative estimate of drug-likeness (QED) is 0.0974. The number of aliphatic hydroxyl groups excluding tert-OH is 1. The number of ether oxygens (including phenoxy) is 2. The Balaban J connectivity index is 1.66. The summed E-state index contributed by atoms with van der Waals surface area (Å²) >= 11 is 0. The molecule has 0 aromatic heterocycles. The summed E-state index contributed by atoms with van der Waals surface area (Å²) < 4.78 is 11.8. The van der Waals surface area contributed by atoms with Crippen molar-refractivity contribution in [3.05, 3.63) is 97.1 Å². The first-order valence-corrected chi connectivity index (χ1v) is 16.1. The zero-order valence-electron chi connectivity index (χ0n) is 26.5. The maximum atomic E-state index is 13.5. The molecule has 0 radical (unpaired) electrons. The predicted molar refractivity (Wildman–Crippen MR) is 176 cm³/mol. The fourth-order valence-corrected chi connectivity index (χ4v) is 5.78. The van der Waals surface area contributed by atoms with Crippen molar-refractivity contribution in [1.82, 2.24) is 10.6 Å². The van der Waals surface area contributed by atoms with Crippen molar-refractivity contribution in [1.29, 1.82) is 0 Å². The summed E-state index contributed by atoms with van der Waals surface area (Å²) in [5, 5.41) is 15.9. The molecule has 1 saturated carbocycles. The third-order valence-corrected chi connectivity index (χ3v) is 8.34. The van der Waals surface area contributed by atoms with Crippen molar-refractivity contribution in [2.45, 2.75) is 82.4 Å². The average Bonchev–Trinajstić information content (AvgIpc) is 3.52. The summed E-state index contributed by atoms with van der Waals surface area (Å²) in [6, 6.07) is 18.9. The van der Waals surface area contributed by atoms with Gasteiger partial charge in [-0.1, -0.05) is 85.7 Å². The van der Waals surface area contributed by atoms with Crippen molar-refractivity contribution in [3.63, 3.8) is 0 Å². The third-order valence-electron chi connectivity index (χ3n) is 8.34. The first kappa shape index (κ1) is 35.7. The van der Waals surface area contributed by atoms with E-state index < -0.39 is 17.5 Å². The van der Waals surface area contributed by atoms with Gasteiger partial charge in [0.1, 0.15) is 6.61 Å². The third kappa shape index (κ3) is 12.6. The van der Waals surface area contributed by atoms with Gasteiger partial charge < -0.3 is 25.2 Å². The van der Waals surface area contributed by atoms with Gasteiger partial charge in [0.05, 0.1) is 43.2 Å². The van der Waals surface area contributed by atoms with E-state index in [1.54, 1.807) is 6.08 Å². The Labute approximate surface area is 268 Å². The average molecular weight is 619 g/mol. The van der Waals surface area contributed by atoms with Gasteiger partial charge in [0, 0.05) is 6.42 Å². The first-order chi connectivity index (χ1) is 21.9. The molecule has 0 heterocycles. The number of esters is 1. The molecule has 244 valence electrons. The van der Waals surface area contributed by atoms with Crippen LogP contribution in [0.1, 0.15) is 68.9 Å². The molecular weight excluding hydrogens is 568 g/mol. The second-order valence-corrected chi connectivity index (χ2v) is 12.1. The van der Waals surface area contributed by atoms with Crippen LogP contribution in [0, 0.1) is 11.8 Å². The molecule has 3 rings (SSSR count). The minimum absolute atomic E-state index is 0.0422. The van der Waals surface area contributed by atoms with Crippen molar-refractivity contribution < 1.29 is 29.0 Å². The summed E-state index contributed by atoms with van der Waals surface area (Å²) in [7, 11) is 0. The number of nitrogens with one attached hydrogen (secondary N) is 2. The Hall–Kier alpha value is -3.75. The van der Waals surface area contributed by atoms with E-state index in [1.165, 1.54) is 0 Å². The van der Waals surface area contributed by atoms with Crippen LogP contribution in [0.3, 0.4) is 0 Å². The number of hydrogen-bond donors (Lipinski definition) is 3. The molecule has 3 atom stereocenters. The Morgan fingerprint density at radius 3 is 2.20 bits per heavy atom. The van der Waals surface area contributed by atoms with Crippen molar-refractivity contribution in [2.24, 2.45) is 11.8 Å². The normalized spacial score (nSPS) is 15.8. The van der Waals surface area contributed by atoms with Gasteiger partial charge in [0.15, 0.2) is 0 Å². The molecule has 0 spiro atoms. The van der Waals surface area contributed by atoms with Crippen LogP contribution in [-0.2, 0) is 36.9 Å². The molecule has 1 aliphatic carbocycles. The van der Waals surface area contributed by atoms with Crippen LogP contribution in [0.5, 0.6) is 0 Å². The van der Waals surface area contributed by atoms with E-state index in [1.807, 2.05) is 66.7 Å². The van der Waals surface area contributed by atoms with Crippen LogP contribution in [-0.4, -0.2) is 54.3 Å². The number of allylic oxidation sites excluding steroid dienone is 2. The number of rotatable bonds is 21. The molecule has 3 N–H and O–H groups in total. The number of unbranched alkanes of at least 4 members (excludes halogenated alkanes) is 1. The fraction of sp³-hybridized carbons (Fsp3) is 0.486. The predicted octanol–water partition coefficient (Wildman–Crippen LogP) is 5.45. The highest BCUT2D eigenvalue weighted by molar-refractivity contribution is 5.86. The molecule has 45 heavy (non-hydrogen) atoms. The lowest BCUT2D eigenvalue weighted by Gasteiger charge is -2.29. The zero-order chi connectivity index (χ0) is 32.3. The molecule has 0 bridgehead atoms. The lowest BCUT2D eigenvalue weighted by atomic mass is 9.94. The van der Waals surface area contributed by atoms with E-state index in [-0.39, 0.29) is 49.9 Å². The van der Waals surface area contributed by atoms with Gasteiger partial charge in [-0.2, -0.15) is 0 Å². The molecule has 8 nitrogen and oxygen atoms in total. The van der Waals surface area contributed by atoms with Crippen LogP contribution >= 0.6 is 0 Å². The van der Waals surface area contributed by atoms with Crippen LogP contribution in [0.15, 0.2) is 86.0 Å². The van der Waals surface area contributed by atoms with Gasteiger partial charge in [-0.05, 0) is 56.1 Å². The molecule has 1 fully saturated rings. The molecule has 8 heteroatoms. The lowest BCUT2D eigenvalue weighted by molar-refractivity contribution is -0.150. The molecule has 1 aliphatic rings. The van der Waals surface area contributed by atoms with Gasteiger partial charge in [-0.15, -0.1) is 13.2 Å². The highest BCUT2D eigenvalue weighted by atomic mass is 16.5. The van der Waals surface area contributed by atoms with E-state index >= 15 is 0 Å². The smallest absolute Gasteiger partial charge is 0.309 e. The number of hydrogen-bond acceptors (Lipinski definition) is 6. The molecular formula is C37H50N2O6. The zero-order valence-corrected chi connectivity index (χ0v) is 26.5. The second-order valence-electron chi connectivity index (χ2n) is 12.1. The van der Waals surface area contributed by atoms with E-state index in [9.17, 15) is 19.5 Å². The number of amides is 2. The Bertz CT molecular complexity index is 1200. The highest BCUT2D eigenvalue weighted by Crippen LogP contribution is 2.29. The number of carbonyl (C=O) groups is 3. The number of aliphatic hydroxyl groups is 1. The van der Waals surface area contributed by atoms with Crippen molar-refractivity contribution in [3.8, 4) is 0 Å². The standard InChI is InChI=1S/C37H50N2O6/c1-3-5-8-20-32(23-29-16-9-6-10-17-29)36(43)45-27-33(26-44-25-30-18-11-7-12-19-30)38-35(42)31(15-4-2)24-34(41)39-37(28-40)21-13-14-22-37/h3-4,6-7,9-12,16-19,31-33,40H,1-2,5,8,13-15,20-28H2,(H,38,42)(H,39,41)/t31-,32+,33-/m0/s1. The molecule has 0 aliphatic heterocycles. The van der Waals surface area contributed by atoms with Gasteiger partial charge in [-0.3, -0.25) is 14.4 Å². The summed E-state index contributed by atoms with van der Waals surface area (Å²) in [5.41, 5.74) is 1.42. The minimum atomic E-state index is -0.670. The summed E-state index contributed by atoms with van der Waals surface area (Å²) in [6.07, 6.45) is 9.90. The Morgan fingerprint density at radius 1 is 0.911 bits per heavy atom. The summed E-state index contributed by atoms with van der Waals surface area (Å²) in [5.74, 6) is -1.94. The summed E-state index contributed by atoms with van der Waals surface area (Å²) in [4.78, 5) is 39.8. The van der Waals surface area contributed by atoms with Crippen LogP contribution in [0.2, 0.25) is 0 Å². The minimum Gasteiger partial charge on any atom is -0.463 e. The summed E-state index contributed by atoms with van der Waals surface area (Å²) in [6.45, 7) is 7.84. The van der Waals surface area contributed by atoms with Crippen molar-refractivity contribution in [2.75, 3.05) is 19.8 Å². The first-order valence-electron chi connectivity index (χ1n) is 16.1. The molecule has 2 aromatic rings. The molecule has 2 amide bonds. The van der Waals surface area contributed by atoms with E-state index in [4.69, 9.17) is 9.47 Å². The number of carbonyl (C=O) groups excluding carboxylic acids is 3. The Kier molecular flexibility index (Phi) is 15.6. The maximum Gasteiger partial charge on any atom is 0.309 e. The monoisotopic (exact) mass is 618 g/mol. The molecule has 0 unspecified atom stereocenters. The van der Waals surface area contributed by atoms with Crippen LogP contribution < -0.4 is 10.6 Å². The van der Waals surface area contributed by atoms with Gasteiger partial charge in [0.2, 0.25) is 11.8 Å². The van der Waals surface area contributed by atoms with Crippen LogP contribution in [0.25, 0.3) is 0 Å². The largest absolute Gasteiger partial charge is 0.463 e. The van der Waals surface area contributed by atoms with Gasteiger partial charge >= 0.3 is 5.97 Å². The SMILES string of the molecule is C=CCCC[C@H](Cc1ccccc1)C(=O)OC[C@H](COCc1ccccc1)NC(=O)[C@@H](CC=C)CC(=O)NC1(CO)CCCC1. The second kappa shape index (κ2) is 19.6. The van der Waals surface area contributed by atoms with E-state index in [0.717, 1.165) is 49.7 Å². The number of benzene rings is 2.